The lowest BCUT2D eigenvalue weighted by molar-refractivity contribution is 0.696. The van der Waals surface area contributed by atoms with Crippen molar-refractivity contribution >= 4 is 0 Å². The van der Waals surface area contributed by atoms with E-state index in [9.17, 15) is 0 Å². The summed E-state index contributed by atoms with van der Waals surface area (Å²) >= 11 is 0. The summed E-state index contributed by atoms with van der Waals surface area (Å²) in [5.41, 5.74) is 0. The summed E-state index contributed by atoms with van der Waals surface area (Å²) in [7, 11) is 0. The van der Waals surface area contributed by atoms with Crippen LogP contribution < -0.4 is 0 Å². The van der Waals surface area contributed by atoms with Crippen LogP contribution in [0.3, 0.4) is 0 Å². The van der Waals surface area contributed by atoms with Gasteiger partial charge in [-0.3, -0.25) is 0 Å². The maximum atomic E-state index is 3.71. The largest absolute Gasteiger partial charge is 0.0883 e. The highest BCUT2D eigenvalue weighted by atomic mass is 13.9. The molecule has 47 valence electrons. The van der Waals surface area contributed by atoms with E-state index in [0.717, 1.165) is 12.3 Å². The van der Waals surface area contributed by atoms with Gasteiger partial charge in [-0.2, -0.15) is 0 Å². The van der Waals surface area contributed by atoms with Crippen LogP contribution in [0.5, 0.6) is 0 Å². The molecule has 0 amide bonds. The van der Waals surface area contributed by atoms with Crippen molar-refractivity contribution in [2.24, 2.45) is 5.92 Å². The van der Waals surface area contributed by atoms with Crippen LogP contribution in [0.4, 0.5) is 0 Å². The van der Waals surface area contributed by atoms with Gasteiger partial charge in [0.15, 0.2) is 0 Å². The third-order valence-corrected chi connectivity index (χ3v) is 1.28. The molecule has 1 unspecified atom stereocenters. The van der Waals surface area contributed by atoms with E-state index in [1.165, 1.54) is 6.42 Å². The summed E-state index contributed by atoms with van der Waals surface area (Å²) in [6.45, 7) is 8.11. The molecule has 0 aromatic rings. The third-order valence-electron chi connectivity index (χ3n) is 1.28. The van der Waals surface area contributed by atoms with E-state index >= 15 is 0 Å². The molecule has 0 rings (SSSR count). The van der Waals surface area contributed by atoms with Crippen molar-refractivity contribution in [3.63, 3.8) is 0 Å². The lowest BCUT2D eigenvalue weighted by atomic mass is 10.1. The van der Waals surface area contributed by atoms with Crippen LogP contribution in [0.1, 0.15) is 26.7 Å². The molecule has 0 aliphatic heterocycles. The van der Waals surface area contributed by atoms with Gasteiger partial charge in [0.25, 0.3) is 0 Å². The van der Waals surface area contributed by atoms with Gasteiger partial charge in [-0.05, 0) is 19.3 Å². The Morgan fingerprint density at radius 1 is 1.62 bits per heavy atom. The average Bonchev–Trinajstić information content (AvgIpc) is 1.83. The summed E-state index contributed by atoms with van der Waals surface area (Å²) in [5, 5.41) is 0. The predicted octanol–water partition coefficient (Wildman–Crippen LogP) is 2.81. The van der Waals surface area contributed by atoms with Gasteiger partial charge in [0, 0.05) is 0 Å². The Morgan fingerprint density at radius 3 is 2.62 bits per heavy atom. The van der Waals surface area contributed by atoms with Crippen molar-refractivity contribution in [2.75, 3.05) is 0 Å². The van der Waals surface area contributed by atoms with E-state index in [4.69, 9.17) is 0 Å². The molecule has 0 spiro atoms. The van der Waals surface area contributed by atoms with Gasteiger partial charge in [-0.15, -0.1) is 0 Å². The summed E-state index contributed by atoms with van der Waals surface area (Å²) in [6.07, 6.45) is 6.49. The minimum Gasteiger partial charge on any atom is -0.0883 e. The normalized spacial score (nSPS) is 14.9. The molecule has 0 bridgehead atoms. The fraction of sp³-hybridized carbons (Fsp3) is 0.625. The number of allylic oxidation sites excluding steroid dienone is 2. The molecule has 0 fully saturated rings. The van der Waals surface area contributed by atoms with Crippen LogP contribution in [0.15, 0.2) is 12.2 Å². The molecule has 8 heavy (non-hydrogen) atoms. The highest BCUT2D eigenvalue weighted by Gasteiger charge is 1.87. The minimum atomic E-state index is 0.733. The molecule has 0 nitrogen and oxygen atoms in total. The van der Waals surface area contributed by atoms with E-state index in [-0.39, 0.29) is 0 Å². The standard InChI is InChI=1S/C8H15/c1-4-6-7-8(3)5-2/h6-8H,1,4-5H2,2-3H3. The fourth-order valence-electron chi connectivity index (χ4n) is 0.465. The summed E-state index contributed by atoms with van der Waals surface area (Å²) in [6, 6.07) is 0. The molecule has 0 aliphatic carbocycles. The first-order valence-corrected chi connectivity index (χ1v) is 3.27. The van der Waals surface area contributed by atoms with Crippen LogP contribution in [-0.4, -0.2) is 0 Å². The summed E-state index contributed by atoms with van der Waals surface area (Å²) in [4.78, 5) is 0. The monoisotopic (exact) mass is 111 g/mol. The molecule has 0 aromatic heterocycles. The van der Waals surface area contributed by atoms with Crippen LogP contribution in [-0.2, 0) is 0 Å². The second kappa shape index (κ2) is 4.89. The van der Waals surface area contributed by atoms with Gasteiger partial charge in [-0.25, -0.2) is 0 Å². The smallest absolute Gasteiger partial charge is 0.0265 e. The van der Waals surface area contributed by atoms with Crippen LogP contribution in [0, 0.1) is 12.8 Å². The molecule has 0 aliphatic rings. The van der Waals surface area contributed by atoms with Gasteiger partial charge in [0.05, 0.1) is 0 Å². The first kappa shape index (κ1) is 7.74. The van der Waals surface area contributed by atoms with E-state index in [1.54, 1.807) is 0 Å². The van der Waals surface area contributed by atoms with Gasteiger partial charge in [0.2, 0.25) is 0 Å². The molecule has 0 saturated heterocycles. The number of rotatable bonds is 3. The summed E-state index contributed by atoms with van der Waals surface area (Å²) < 4.78 is 0. The zero-order valence-corrected chi connectivity index (χ0v) is 5.85. The van der Waals surface area contributed by atoms with Gasteiger partial charge in [0.1, 0.15) is 0 Å². The number of hydrogen-bond acceptors (Lipinski definition) is 0. The zero-order chi connectivity index (χ0) is 6.41. The highest BCUT2D eigenvalue weighted by Crippen LogP contribution is 2.01. The molecule has 0 saturated carbocycles. The SMILES string of the molecule is [CH2]CC=CC(C)CC. The Kier molecular flexibility index (Phi) is 4.73. The molecule has 0 N–H and O–H groups in total. The molecular weight excluding hydrogens is 96.1 g/mol. The van der Waals surface area contributed by atoms with E-state index in [0.29, 0.717) is 0 Å². The maximum absolute atomic E-state index is 3.71. The van der Waals surface area contributed by atoms with Gasteiger partial charge < -0.3 is 0 Å². The topological polar surface area (TPSA) is 0 Å². The maximum Gasteiger partial charge on any atom is -0.0265 e. The first-order chi connectivity index (χ1) is 3.81. The quantitative estimate of drug-likeness (QED) is 0.491. The van der Waals surface area contributed by atoms with Crippen LogP contribution in [0.2, 0.25) is 0 Å². The number of hydrogen-bond donors (Lipinski definition) is 0. The van der Waals surface area contributed by atoms with Gasteiger partial charge in [-0.1, -0.05) is 32.4 Å². The van der Waals surface area contributed by atoms with Crippen molar-refractivity contribution < 1.29 is 0 Å². The predicted molar refractivity (Wildman–Crippen MR) is 38.6 cm³/mol. The molecule has 1 atom stereocenters. The van der Waals surface area contributed by atoms with Crippen LogP contribution in [0.25, 0.3) is 0 Å². The minimum absolute atomic E-state index is 0.733. The van der Waals surface area contributed by atoms with Crippen molar-refractivity contribution in [2.45, 2.75) is 26.7 Å². The van der Waals surface area contributed by atoms with Crippen molar-refractivity contribution in [3.8, 4) is 0 Å². The molecule has 0 aromatic carbocycles. The fourth-order valence-corrected chi connectivity index (χ4v) is 0.465. The molecular formula is C8H15. The zero-order valence-electron chi connectivity index (χ0n) is 5.85. The van der Waals surface area contributed by atoms with E-state index in [2.05, 4.69) is 32.9 Å². The van der Waals surface area contributed by atoms with E-state index < -0.39 is 0 Å². The average molecular weight is 111 g/mol. The second-order valence-corrected chi connectivity index (χ2v) is 2.10. The Morgan fingerprint density at radius 2 is 2.25 bits per heavy atom. The lowest BCUT2D eigenvalue weighted by Crippen LogP contribution is -1.82. The first-order valence-electron chi connectivity index (χ1n) is 3.27. The summed E-state index contributed by atoms with van der Waals surface area (Å²) in [5.74, 6) is 0.733. The third kappa shape index (κ3) is 3.91. The van der Waals surface area contributed by atoms with Crippen molar-refractivity contribution in [3.05, 3.63) is 19.1 Å². The van der Waals surface area contributed by atoms with Crippen LogP contribution >= 0.6 is 0 Å². The van der Waals surface area contributed by atoms with Crippen molar-refractivity contribution in [1.82, 2.24) is 0 Å². The second-order valence-electron chi connectivity index (χ2n) is 2.10. The molecule has 1 radical (unpaired) electrons. The van der Waals surface area contributed by atoms with Gasteiger partial charge >= 0.3 is 0 Å². The van der Waals surface area contributed by atoms with E-state index in [1.807, 2.05) is 0 Å². The Bertz CT molecular complexity index is 62.4. The van der Waals surface area contributed by atoms with Crippen molar-refractivity contribution in [1.29, 1.82) is 0 Å². The molecule has 0 heterocycles. The molecule has 0 heteroatoms. The Labute approximate surface area is 52.6 Å². The Hall–Kier alpha value is -0.260. The lowest BCUT2D eigenvalue weighted by Gasteiger charge is -1.96. The Balaban J connectivity index is 3.21. The highest BCUT2D eigenvalue weighted by molar-refractivity contribution is 4.85.